The highest BCUT2D eigenvalue weighted by Crippen LogP contribution is 2.19. The second-order valence-electron chi connectivity index (χ2n) is 5.05. The van der Waals surface area contributed by atoms with E-state index in [9.17, 15) is 4.79 Å². The number of fused-ring (bicyclic) bond motifs is 1. The van der Waals surface area contributed by atoms with Gasteiger partial charge in [0.25, 0.3) is 0 Å². The number of aromatic nitrogens is 2. The van der Waals surface area contributed by atoms with Gasteiger partial charge in [-0.2, -0.15) is 0 Å². The maximum Gasteiger partial charge on any atom is 0.207 e. The first-order valence-electron chi connectivity index (χ1n) is 7.13. The van der Waals surface area contributed by atoms with Crippen molar-refractivity contribution in [3.05, 3.63) is 64.4 Å². The molecule has 0 aliphatic heterocycles. The molecule has 112 valence electrons. The summed E-state index contributed by atoms with van der Waals surface area (Å²) in [5, 5.41) is 2.70. The van der Waals surface area contributed by atoms with Crippen LogP contribution in [-0.2, 0) is 17.8 Å². The highest BCUT2D eigenvalue weighted by Gasteiger charge is 2.10. The first-order valence-corrected chi connectivity index (χ1v) is 7.93. The van der Waals surface area contributed by atoms with E-state index in [0.29, 0.717) is 13.0 Å². The van der Waals surface area contributed by atoms with Gasteiger partial charge in [-0.3, -0.25) is 4.79 Å². The Bertz CT molecular complexity index is 780. The van der Waals surface area contributed by atoms with Crippen LogP contribution in [0.2, 0.25) is 0 Å². The summed E-state index contributed by atoms with van der Waals surface area (Å²) in [4.78, 5) is 15.1. The second kappa shape index (κ2) is 6.75. The van der Waals surface area contributed by atoms with Crippen LogP contribution in [0.1, 0.15) is 11.4 Å². The minimum Gasteiger partial charge on any atom is -0.358 e. The summed E-state index contributed by atoms with van der Waals surface area (Å²) in [5.74, 6) is 0.985. The van der Waals surface area contributed by atoms with Crippen LogP contribution in [0.25, 0.3) is 11.0 Å². The van der Waals surface area contributed by atoms with Gasteiger partial charge in [-0.25, -0.2) is 4.98 Å². The Balaban J connectivity index is 1.95. The van der Waals surface area contributed by atoms with Crippen LogP contribution < -0.4 is 5.32 Å². The van der Waals surface area contributed by atoms with Gasteiger partial charge in [0.2, 0.25) is 6.41 Å². The van der Waals surface area contributed by atoms with E-state index in [1.165, 1.54) is 5.56 Å². The van der Waals surface area contributed by atoms with E-state index in [2.05, 4.69) is 44.0 Å². The van der Waals surface area contributed by atoms with Crippen LogP contribution >= 0.6 is 15.9 Å². The number of imidazole rings is 1. The number of benzene rings is 2. The summed E-state index contributed by atoms with van der Waals surface area (Å²) in [5.41, 5.74) is 3.32. The lowest BCUT2D eigenvalue weighted by atomic mass is 10.2. The molecule has 0 spiro atoms. The van der Waals surface area contributed by atoms with Crippen molar-refractivity contribution in [1.29, 1.82) is 0 Å². The molecule has 2 aromatic carbocycles. The normalized spacial score (nSPS) is 10.8. The fraction of sp³-hybridized carbons (Fsp3) is 0.176. The summed E-state index contributed by atoms with van der Waals surface area (Å²) in [6.07, 6.45) is 1.44. The molecule has 0 aliphatic rings. The van der Waals surface area contributed by atoms with Gasteiger partial charge in [-0.1, -0.05) is 40.2 Å². The van der Waals surface area contributed by atoms with Crippen LogP contribution in [0.4, 0.5) is 0 Å². The van der Waals surface area contributed by atoms with Crippen molar-refractivity contribution in [3.8, 4) is 0 Å². The molecule has 1 heterocycles. The van der Waals surface area contributed by atoms with E-state index in [1.54, 1.807) is 0 Å². The molecule has 5 heteroatoms. The third kappa shape index (κ3) is 3.20. The van der Waals surface area contributed by atoms with Gasteiger partial charge in [0.1, 0.15) is 5.82 Å². The number of halogens is 1. The molecular formula is C17H16BrN3O. The number of hydrogen-bond acceptors (Lipinski definition) is 2. The Labute approximate surface area is 137 Å². The number of rotatable bonds is 6. The molecule has 4 nitrogen and oxygen atoms in total. The van der Waals surface area contributed by atoms with Gasteiger partial charge in [0, 0.05) is 24.0 Å². The first kappa shape index (κ1) is 14.8. The highest BCUT2D eigenvalue weighted by atomic mass is 79.9. The van der Waals surface area contributed by atoms with Crippen molar-refractivity contribution in [1.82, 2.24) is 14.9 Å². The van der Waals surface area contributed by atoms with Gasteiger partial charge < -0.3 is 9.88 Å². The smallest absolute Gasteiger partial charge is 0.207 e. The fourth-order valence-electron chi connectivity index (χ4n) is 2.51. The lowest BCUT2D eigenvalue weighted by Crippen LogP contribution is -2.17. The summed E-state index contributed by atoms with van der Waals surface area (Å²) in [6, 6.07) is 16.4. The van der Waals surface area contributed by atoms with E-state index >= 15 is 0 Å². The molecule has 0 unspecified atom stereocenters. The van der Waals surface area contributed by atoms with Crippen molar-refractivity contribution in [2.24, 2.45) is 0 Å². The van der Waals surface area contributed by atoms with Crippen molar-refractivity contribution in [3.63, 3.8) is 0 Å². The third-order valence-corrected chi connectivity index (χ3v) is 4.09. The molecule has 0 atom stereocenters. The summed E-state index contributed by atoms with van der Waals surface area (Å²) >= 11 is 3.46. The molecule has 1 aromatic heterocycles. The molecule has 22 heavy (non-hydrogen) atoms. The Kier molecular flexibility index (Phi) is 4.53. The van der Waals surface area contributed by atoms with E-state index in [0.717, 1.165) is 34.3 Å². The Morgan fingerprint density at radius 2 is 1.91 bits per heavy atom. The summed E-state index contributed by atoms with van der Waals surface area (Å²) in [6.45, 7) is 1.36. The summed E-state index contributed by atoms with van der Waals surface area (Å²) in [7, 11) is 0. The highest BCUT2D eigenvalue weighted by molar-refractivity contribution is 9.10. The standard InChI is InChI=1S/C17H16BrN3O/c18-14-7-5-13(6-8-14)11-21-16-4-2-1-3-15(16)20-17(21)9-10-19-12-22/h1-8,12H,9-11H2,(H,19,22). The second-order valence-corrected chi connectivity index (χ2v) is 5.97. The lowest BCUT2D eigenvalue weighted by Gasteiger charge is -2.09. The number of carbonyl (C=O) groups is 1. The van der Waals surface area contributed by atoms with Crippen molar-refractivity contribution in [2.45, 2.75) is 13.0 Å². The van der Waals surface area contributed by atoms with Gasteiger partial charge in [-0.05, 0) is 29.8 Å². The lowest BCUT2D eigenvalue weighted by molar-refractivity contribution is -0.109. The Morgan fingerprint density at radius 1 is 1.14 bits per heavy atom. The Hall–Kier alpha value is -2.14. The molecule has 0 radical (unpaired) electrons. The zero-order valence-electron chi connectivity index (χ0n) is 12.0. The molecule has 0 aliphatic carbocycles. The number of amides is 1. The zero-order valence-corrected chi connectivity index (χ0v) is 13.6. The van der Waals surface area contributed by atoms with E-state index in [1.807, 2.05) is 30.3 Å². The predicted molar refractivity (Wildman–Crippen MR) is 90.7 cm³/mol. The van der Waals surface area contributed by atoms with Crippen molar-refractivity contribution < 1.29 is 4.79 Å². The molecule has 0 fully saturated rings. The maximum absolute atomic E-state index is 10.4. The summed E-state index contributed by atoms with van der Waals surface area (Å²) < 4.78 is 3.28. The van der Waals surface area contributed by atoms with E-state index < -0.39 is 0 Å². The van der Waals surface area contributed by atoms with Gasteiger partial charge in [0.15, 0.2) is 0 Å². The largest absolute Gasteiger partial charge is 0.358 e. The number of nitrogens with one attached hydrogen (secondary N) is 1. The topological polar surface area (TPSA) is 46.9 Å². The first-order chi connectivity index (χ1) is 10.8. The van der Waals surface area contributed by atoms with Crippen LogP contribution in [-0.4, -0.2) is 22.5 Å². The molecule has 0 bridgehead atoms. The number of para-hydroxylation sites is 2. The molecule has 3 rings (SSSR count). The van der Waals surface area contributed by atoms with Crippen LogP contribution in [0.15, 0.2) is 53.0 Å². The van der Waals surface area contributed by atoms with Crippen LogP contribution in [0.3, 0.4) is 0 Å². The zero-order chi connectivity index (χ0) is 15.4. The molecule has 3 aromatic rings. The minimum absolute atomic E-state index is 0.590. The molecule has 0 saturated heterocycles. The number of hydrogen-bond donors (Lipinski definition) is 1. The average Bonchev–Trinajstić information content (AvgIpc) is 2.88. The predicted octanol–water partition coefficient (Wildman–Crippen LogP) is 3.14. The van der Waals surface area contributed by atoms with Gasteiger partial charge >= 0.3 is 0 Å². The van der Waals surface area contributed by atoms with Crippen molar-refractivity contribution in [2.75, 3.05) is 6.54 Å². The maximum atomic E-state index is 10.4. The number of nitrogens with zero attached hydrogens (tertiary/aromatic N) is 2. The van der Waals surface area contributed by atoms with E-state index in [-0.39, 0.29) is 0 Å². The SMILES string of the molecule is O=CNCCc1nc2ccccc2n1Cc1ccc(Br)cc1. The minimum atomic E-state index is 0.590. The average molecular weight is 358 g/mol. The number of carbonyl (C=O) groups excluding carboxylic acids is 1. The van der Waals surface area contributed by atoms with Crippen molar-refractivity contribution >= 4 is 33.4 Å². The van der Waals surface area contributed by atoms with Crippen LogP contribution in [0.5, 0.6) is 0 Å². The van der Waals surface area contributed by atoms with Gasteiger partial charge in [-0.15, -0.1) is 0 Å². The van der Waals surface area contributed by atoms with Crippen LogP contribution in [0, 0.1) is 0 Å². The molecule has 1 N–H and O–H groups in total. The molecule has 0 saturated carbocycles. The fourth-order valence-corrected chi connectivity index (χ4v) is 2.77. The monoisotopic (exact) mass is 357 g/mol. The Morgan fingerprint density at radius 3 is 2.68 bits per heavy atom. The third-order valence-electron chi connectivity index (χ3n) is 3.56. The molecular weight excluding hydrogens is 342 g/mol. The van der Waals surface area contributed by atoms with E-state index in [4.69, 9.17) is 4.98 Å². The molecule has 1 amide bonds. The van der Waals surface area contributed by atoms with Gasteiger partial charge in [0.05, 0.1) is 11.0 Å². The quantitative estimate of drug-likeness (QED) is 0.544.